The Morgan fingerprint density at radius 2 is 2.19 bits per heavy atom. The number of carbonyl (C=O) groups excluding carboxylic acids is 1. The lowest BCUT2D eigenvalue weighted by Gasteiger charge is -1.97. The van der Waals surface area contributed by atoms with Gasteiger partial charge in [0.15, 0.2) is 0 Å². The average Bonchev–Trinajstić information content (AvgIpc) is 3.09. The van der Waals surface area contributed by atoms with E-state index in [4.69, 9.17) is 4.74 Å². The van der Waals surface area contributed by atoms with E-state index in [0.29, 0.717) is 5.75 Å². The predicted molar refractivity (Wildman–Crippen MR) is 63.4 cm³/mol. The average molecular weight is 238 g/mol. The topological polar surface area (TPSA) is 38.8 Å². The molecule has 0 unspecified atom stereocenters. The van der Waals surface area contributed by atoms with Crippen molar-refractivity contribution >= 4 is 17.7 Å². The molecule has 1 saturated heterocycles. The SMILES string of the molecule is COC(=O)CSC[C@@H]1O[C@@H]1c1ccccc1. The molecule has 1 heterocycles. The van der Waals surface area contributed by atoms with Crippen molar-refractivity contribution in [2.24, 2.45) is 0 Å². The van der Waals surface area contributed by atoms with Crippen LogP contribution in [-0.4, -0.2) is 30.7 Å². The van der Waals surface area contributed by atoms with E-state index in [1.165, 1.54) is 12.7 Å². The molecule has 2 rings (SSSR count). The van der Waals surface area contributed by atoms with E-state index in [9.17, 15) is 4.79 Å². The van der Waals surface area contributed by atoms with Gasteiger partial charge < -0.3 is 9.47 Å². The highest BCUT2D eigenvalue weighted by Gasteiger charge is 2.39. The fourth-order valence-corrected chi connectivity index (χ4v) is 2.41. The fraction of sp³-hybridized carbons (Fsp3) is 0.417. The molecule has 1 aromatic rings. The zero-order valence-corrected chi connectivity index (χ0v) is 9.91. The minimum Gasteiger partial charge on any atom is -0.468 e. The zero-order chi connectivity index (χ0) is 11.4. The molecular weight excluding hydrogens is 224 g/mol. The van der Waals surface area contributed by atoms with Crippen molar-refractivity contribution < 1.29 is 14.3 Å². The first kappa shape index (κ1) is 11.5. The van der Waals surface area contributed by atoms with Gasteiger partial charge in [-0.15, -0.1) is 11.8 Å². The molecule has 4 heteroatoms. The highest BCUT2D eigenvalue weighted by Crippen LogP contribution is 2.40. The van der Waals surface area contributed by atoms with Gasteiger partial charge in [-0.1, -0.05) is 30.3 Å². The molecule has 1 aliphatic heterocycles. The second-order valence-corrected chi connectivity index (χ2v) is 4.63. The number of carbonyl (C=O) groups is 1. The fourth-order valence-electron chi connectivity index (χ4n) is 1.52. The van der Waals surface area contributed by atoms with Crippen LogP contribution in [0.5, 0.6) is 0 Å². The lowest BCUT2D eigenvalue weighted by Crippen LogP contribution is -2.05. The number of methoxy groups -OCH3 is 1. The van der Waals surface area contributed by atoms with Crippen LogP contribution >= 0.6 is 11.8 Å². The van der Waals surface area contributed by atoms with Gasteiger partial charge in [0.05, 0.1) is 19.0 Å². The molecule has 1 aliphatic rings. The molecule has 0 radical (unpaired) electrons. The Morgan fingerprint density at radius 3 is 2.88 bits per heavy atom. The van der Waals surface area contributed by atoms with E-state index in [0.717, 1.165) is 5.75 Å². The Morgan fingerprint density at radius 1 is 1.44 bits per heavy atom. The van der Waals surface area contributed by atoms with Crippen molar-refractivity contribution in [2.75, 3.05) is 18.6 Å². The number of esters is 1. The van der Waals surface area contributed by atoms with E-state index in [-0.39, 0.29) is 18.2 Å². The Bertz CT molecular complexity index is 353. The van der Waals surface area contributed by atoms with Gasteiger partial charge in [-0.05, 0) is 5.56 Å². The molecule has 0 amide bonds. The molecule has 1 fully saturated rings. The maximum absolute atomic E-state index is 10.9. The summed E-state index contributed by atoms with van der Waals surface area (Å²) in [4.78, 5) is 10.9. The molecule has 0 spiro atoms. The Kier molecular flexibility index (Phi) is 3.85. The second-order valence-electron chi connectivity index (χ2n) is 3.60. The van der Waals surface area contributed by atoms with Crippen LogP contribution in [-0.2, 0) is 14.3 Å². The monoisotopic (exact) mass is 238 g/mol. The van der Waals surface area contributed by atoms with E-state index < -0.39 is 0 Å². The molecule has 0 aromatic heterocycles. The number of epoxide rings is 1. The van der Waals surface area contributed by atoms with E-state index in [1.807, 2.05) is 18.2 Å². The summed E-state index contributed by atoms with van der Waals surface area (Å²) < 4.78 is 10.1. The minimum atomic E-state index is -0.179. The first-order valence-corrected chi connectivity index (χ1v) is 6.31. The second kappa shape index (κ2) is 5.37. The van der Waals surface area contributed by atoms with Crippen LogP contribution in [0.25, 0.3) is 0 Å². The number of ether oxygens (including phenoxy) is 2. The van der Waals surface area contributed by atoms with Crippen molar-refractivity contribution in [1.29, 1.82) is 0 Å². The van der Waals surface area contributed by atoms with Crippen molar-refractivity contribution in [3.63, 3.8) is 0 Å². The van der Waals surface area contributed by atoms with Gasteiger partial charge in [0.25, 0.3) is 0 Å². The largest absolute Gasteiger partial charge is 0.468 e. The third kappa shape index (κ3) is 3.00. The summed E-state index contributed by atoms with van der Waals surface area (Å²) in [6.07, 6.45) is 0.461. The van der Waals surface area contributed by atoms with Crippen LogP contribution in [0.15, 0.2) is 30.3 Å². The highest BCUT2D eigenvalue weighted by atomic mass is 32.2. The van der Waals surface area contributed by atoms with Gasteiger partial charge in [0.2, 0.25) is 0 Å². The lowest BCUT2D eigenvalue weighted by molar-refractivity contribution is -0.137. The first-order chi connectivity index (χ1) is 7.81. The lowest BCUT2D eigenvalue weighted by atomic mass is 10.1. The Balaban J connectivity index is 1.70. The van der Waals surface area contributed by atoms with Gasteiger partial charge in [-0.3, -0.25) is 4.79 Å². The third-order valence-corrected chi connectivity index (χ3v) is 3.44. The number of rotatable bonds is 5. The van der Waals surface area contributed by atoms with Gasteiger partial charge >= 0.3 is 5.97 Å². The molecule has 0 aliphatic carbocycles. The molecule has 0 bridgehead atoms. The van der Waals surface area contributed by atoms with E-state index in [2.05, 4.69) is 16.9 Å². The standard InChI is InChI=1S/C12H14O3S/c1-14-11(13)8-16-7-10-12(15-10)9-5-3-2-4-6-9/h2-6,10,12H,7-8H2,1H3/t10-,12+/m0/s1. The molecule has 16 heavy (non-hydrogen) atoms. The van der Waals surface area contributed by atoms with Crippen LogP contribution in [0.3, 0.4) is 0 Å². The van der Waals surface area contributed by atoms with Crippen LogP contribution in [0, 0.1) is 0 Å². The third-order valence-electron chi connectivity index (χ3n) is 2.44. The Labute approximate surface area is 99.1 Å². The van der Waals surface area contributed by atoms with Crippen molar-refractivity contribution in [3.8, 4) is 0 Å². The molecular formula is C12H14O3S. The predicted octanol–water partition coefficient (Wildman–Crippen LogP) is 2.03. The van der Waals surface area contributed by atoms with Crippen LogP contribution in [0.4, 0.5) is 0 Å². The first-order valence-electron chi connectivity index (χ1n) is 5.16. The number of benzene rings is 1. The van der Waals surface area contributed by atoms with E-state index >= 15 is 0 Å². The van der Waals surface area contributed by atoms with Gasteiger partial charge in [0, 0.05) is 5.75 Å². The molecule has 2 atom stereocenters. The maximum atomic E-state index is 10.9. The normalized spacial score (nSPS) is 22.8. The summed E-state index contributed by atoms with van der Waals surface area (Å²) in [5, 5.41) is 0. The summed E-state index contributed by atoms with van der Waals surface area (Å²) in [6.45, 7) is 0. The summed E-state index contributed by atoms with van der Waals surface area (Å²) in [6, 6.07) is 10.1. The smallest absolute Gasteiger partial charge is 0.315 e. The highest BCUT2D eigenvalue weighted by molar-refractivity contribution is 7.99. The number of hydrogen-bond donors (Lipinski definition) is 0. The molecule has 0 N–H and O–H groups in total. The quantitative estimate of drug-likeness (QED) is 0.581. The number of thioether (sulfide) groups is 1. The van der Waals surface area contributed by atoms with Crippen LogP contribution < -0.4 is 0 Å². The molecule has 0 saturated carbocycles. The van der Waals surface area contributed by atoms with Gasteiger partial charge in [-0.2, -0.15) is 0 Å². The van der Waals surface area contributed by atoms with Crippen LogP contribution in [0.1, 0.15) is 11.7 Å². The number of hydrogen-bond acceptors (Lipinski definition) is 4. The summed E-state index contributed by atoms with van der Waals surface area (Å²) >= 11 is 1.56. The zero-order valence-electron chi connectivity index (χ0n) is 9.09. The summed E-state index contributed by atoms with van der Waals surface area (Å²) in [5.74, 6) is 1.06. The minimum absolute atomic E-state index is 0.179. The maximum Gasteiger partial charge on any atom is 0.315 e. The molecule has 1 aromatic carbocycles. The molecule has 86 valence electrons. The van der Waals surface area contributed by atoms with Crippen LogP contribution in [0.2, 0.25) is 0 Å². The van der Waals surface area contributed by atoms with Crippen molar-refractivity contribution in [1.82, 2.24) is 0 Å². The van der Waals surface area contributed by atoms with Gasteiger partial charge in [0.1, 0.15) is 6.10 Å². The van der Waals surface area contributed by atoms with Crippen molar-refractivity contribution in [3.05, 3.63) is 35.9 Å². The van der Waals surface area contributed by atoms with Crippen molar-refractivity contribution in [2.45, 2.75) is 12.2 Å². The molecule has 3 nitrogen and oxygen atoms in total. The summed E-state index contributed by atoms with van der Waals surface area (Å²) in [5.41, 5.74) is 1.21. The van der Waals surface area contributed by atoms with Gasteiger partial charge in [-0.25, -0.2) is 0 Å². The Hall–Kier alpha value is -1.00. The van der Waals surface area contributed by atoms with E-state index in [1.54, 1.807) is 11.8 Å². The summed E-state index contributed by atoms with van der Waals surface area (Å²) in [7, 11) is 1.41.